The van der Waals surface area contributed by atoms with Gasteiger partial charge in [0.25, 0.3) is 5.56 Å². The summed E-state index contributed by atoms with van der Waals surface area (Å²) in [5, 5.41) is 0. The summed E-state index contributed by atoms with van der Waals surface area (Å²) in [5.74, 6) is 0. The first-order chi connectivity index (χ1) is 12.6. The molecule has 0 unspecified atom stereocenters. The van der Waals surface area contributed by atoms with Crippen molar-refractivity contribution in [1.29, 1.82) is 0 Å². The molecule has 0 aromatic carbocycles. The summed E-state index contributed by atoms with van der Waals surface area (Å²) in [6.07, 6.45) is 0.797. The molecule has 0 saturated carbocycles. The van der Waals surface area contributed by atoms with Crippen LogP contribution in [0.2, 0.25) is 0 Å². The third-order valence-corrected chi connectivity index (χ3v) is 4.74. The van der Waals surface area contributed by atoms with Crippen LogP contribution in [0.15, 0.2) is 17.4 Å². The minimum atomic E-state index is -4.35. The molecule has 5 N–H and O–H groups in total. The third-order valence-electron chi connectivity index (χ3n) is 3.32. The van der Waals surface area contributed by atoms with E-state index in [1.54, 1.807) is 0 Å². The van der Waals surface area contributed by atoms with Crippen molar-refractivity contribution in [2.45, 2.75) is 19.1 Å². The van der Waals surface area contributed by atoms with Crippen molar-refractivity contribution in [3.63, 3.8) is 0 Å². The van der Waals surface area contributed by atoms with Crippen LogP contribution in [-0.2, 0) is 25.1 Å². The van der Waals surface area contributed by atoms with Crippen LogP contribution in [0.3, 0.4) is 0 Å². The average Bonchev–Trinajstić information content (AvgIpc) is 2.93. The minimum Gasteiger partial charge on any atom is -0.374 e. The fourth-order valence-corrected chi connectivity index (χ4v) is 3.11. The van der Waals surface area contributed by atoms with E-state index >= 15 is 0 Å². The highest BCUT2D eigenvalue weighted by Crippen LogP contribution is 2.35. The molecule has 0 bridgehead atoms. The van der Waals surface area contributed by atoms with E-state index in [0.29, 0.717) is 0 Å². The fraction of sp³-hybridized carbons (Fsp3) is 0.583. The standard InChI is InChI=1S/C12H20N4O9P2/c17-12-10-11(13-6-14-12)16(7-15-10)4-9(5-24-8-27(21,22)23)25-2-1-3-26(18,19)20/h6-7,9H,1-5,8H2,(H,13,14,17)(H2,18,19,20)(H2,21,22,23)/t9-/m0/s1. The van der Waals surface area contributed by atoms with Crippen LogP contribution < -0.4 is 5.56 Å². The highest BCUT2D eigenvalue weighted by molar-refractivity contribution is 7.51. The highest BCUT2D eigenvalue weighted by Gasteiger charge is 2.19. The molecule has 2 heterocycles. The lowest BCUT2D eigenvalue weighted by Gasteiger charge is -2.19. The van der Waals surface area contributed by atoms with Gasteiger partial charge < -0.3 is 38.6 Å². The molecule has 15 heteroatoms. The molecule has 0 aliphatic carbocycles. The maximum atomic E-state index is 11.7. The van der Waals surface area contributed by atoms with Gasteiger partial charge in [-0.1, -0.05) is 0 Å². The van der Waals surface area contributed by atoms with Crippen molar-refractivity contribution >= 4 is 26.4 Å². The van der Waals surface area contributed by atoms with E-state index in [-0.39, 0.29) is 43.5 Å². The Morgan fingerprint density at radius 2 is 1.93 bits per heavy atom. The van der Waals surface area contributed by atoms with Crippen LogP contribution in [0.5, 0.6) is 0 Å². The van der Waals surface area contributed by atoms with Gasteiger partial charge in [-0.25, -0.2) is 9.97 Å². The summed E-state index contributed by atoms with van der Waals surface area (Å²) >= 11 is 0. The normalized spacial score (nSPS) is 13.9. The van der Waals surface area contributed by atoms with Gasteiger partial charge in [0.2, 0.25) is 0 Å². The predicted octanol–water partition coefficient (Wildman–Crippen LogP) is -0.776. The van der Waals surface area contributed by atoms with Gasteiger partial charge >= 0.3 is 15.2 Å². The minimum absolute atomic E-state index is 0.00428. The van der Waals surface area contributed by atoms with Crippen LogP contribution in [-0.4, -0.2) is 70.9 Å². The Morgan fingerprint density at radius 3 is 2.59 bits per heavy atom. The zero-order valence-corrected chi connectivity index (χ0v) is 15.8. The SMILES string of the molecule is O=c1[nH]cnc2c1ncn2C[C@@H](COCP(=O)(O)O)OCCCP(=O)(O)O. The van der Waals surface area contributed by atoms with Crippen molar-refractivity contribution in [2.24, 2.45) is 0 Å². The van der Waals surface area contributed by atoms with Crippen molar-refractivity contribution < 1.29 is 38.2 Å². The Morgan fingerprint density at radius 1 is 1.19 bits per heavy atom. The summed E-state index contributed by atoms with van der Waals surface area (Å²) in [7, 11) is -8.49. The number of hydrogen-bond donors (Lipinski definition) is 5. The largest absolute Gasteiger partial charge is 0.374 e. The molecule has 1 atom stereocenters. The van der Waals surface area contributed by atoms with Gasteiger partial charge in [0.1, 0.15) is 6.35 Å². The first-order valence-electron chi connectivity index (χ1n) is 7.72. The number of aromatic amines is 1. The number of H-pyrrole nitrogens is 1. The maximum absolute atomic E-state index is 11.7. The Kier molecular flexibility index (Phi) is 7.43. The Labute approximate surface area is 152 Å². The molecule has 0 radical (unpaired) electrons. The molecule has 0 aliphatic rings. The van der Waals surface area contributed by atoms with Gasteiger partial charge in [0.15, 0.2) is 11.2 Å². The number of aromatic nitrogens is 4. The van der Waals surface area contributed by atoms with E-state index in [1.165, 1.54) is 17.2 Å². The number of ether oxygens (including phenoxy) is 2. The summed E-state index contributed by atoms with van der Waals surface area (Å²) < 4.78 is 33.8. The average molecular weight is 426 g/mol. The van der Waals surface area contributed by atoms with E-state index < -0.39 is 33.2 Å². The molecule has 0 aliphatic heterocycles. The topological polar surface area (TPSA) is 197 Å². The summed E-state index contributed by atoms with van der Waals surface area (Å²) in [6.45, 7) is -0.0937. The zero-order valence-electron chi connectivity index (χ0n) is 14.0. The van der Waals surface area contributed by atoms with Crippen LogP contribution in [0.4, 0.5) is 0 Å². The van der Waals surface area contributed by atoms with Crippen molar-refractivity contribution in [1.82, 2.24) is 19.5 Å². The number of rotatable bonds is 11. The summed E-state index contributed by atoms with van der Waals surface area (Å²) in [4.78, 5) is 57.5. The van der Waals surface area contributed by atoms with Gasteiger partial charge in [-0.05, 0) is 6.42 Å². The predicted molar refractivity (Wildman–Crippen MR) is 92.3 cm³/mol. The second-order valence-corrected chi connectivity index (χ2v) is 9.06. The maximum Gasteiger partial charge on any atom is 0.350 e. The molecule has 0 spiro atoms. The van der Waals surface area contributed by atoms with Gasteiger partial charge in [0, 0.05) is 6.61 Å². The molecule has 2 rings (SSSR count). The van der Waals surface area contributed by atoms with Crippen LogP contribution in [0.25, 0.3) is 11.2 Å². The zero-order chi connectivity index (χ0) is 20.1. The molecule has 13 nitrogen and oxygen atoms in total. The van der Waals surface area contributed by atoms with Crippen LogP contribution in [0, 0.1) is 0 Å². The van der Waals surface area contributed by atoms with E-state index in [1.807, 2.05) is 0 Å². The molecule has 0 amide bonds. The molecular weight excluding hydrogens is 406 g/mol. The molecular formula is C12H20N4O9P2. The molecule has 0 fully saturated rings. The van der Waals surface area contributed by atoms with E-state index in [4.69, 9.17) is 29.0 Å². The molecule has 152 valence electrons. The van der Waals surface area contributed by atoms with Crippen LogP contribution in [0.1, 0.15) is 6.42 Å². The number of imidazole rings is 1. The van der Waals surface area contributed by atoms with Crippen molar-refractivity contribution in [3.05, 3.63) is 23.0 Å². The first kappa shape index (κ1) is 21.9. The Bertz CT molecular complexity index is 902. The molecule has 2 aromatic rings. The number of nitrogens with one attached hydrogen (secondary N) is 1. The number of fused-ring (bicyclic) bond motifs is 1. The van der Waals surface area contributed by atoms with Crippen molar-refractivity contribution in [2.75, 3.05) is 25.7 Å². The van der Waals surface area contributed by atoms with E-state index in [0.717, 1.165) is 0 Å². The molecule has 27 heavy (non-hydrogen) atoms. The second-order valence-electron chi connectivity index (χ2n) is 5.70. The summed E-state index contributed by atoms with van der Waals surface area (Å²) in [6, 6.07) is 0. The number of hydrogen-bond acceptors (Lipinski definition) is 7. The van der Waals surface area contributed by atoms with Crippen molar-refractivity contribution in [3.8, 4) is 0 Å². The fourth-order valence-electron chi connectivity index (χ4n) is 2.22. The van der Waals surface area contributed by atoms with E-state index in [9.17, 15) is 13.9 Å². The lowest BCUT2D eigenvalue weighted by molar-refractivity contribution is -0.0166. The second kappa shape index (κ2) is 9.18. The third kappa shape index (κ3) is 7.60. The number of nitrogens with zero attached hydrogens (tertiary/aromatic N) is 3. The summed E-state index contributed by atoms with van der Waals surface area (Å²) in [5.41, 5.74) is -0.0120. The van der Waals surface area contributed by atoms with Gasteiger partial charge in [-0.15, -0.1) is 0 Å². The highest BCUT2D eigenvalue weighted by atomic mass is 31.2. The van der Waals surface area contributed by atoms with E-state index in [2.05, 4.69) is 15.0 Å². The lowest BCUT2D eigenvalue weighted by Crippen LogP contribution is -2.27. The monoisotopic (exact) mass is 426 g/mol. The van der Waals surface area contributed by atoms with Gasteiger partial charge in [0.05, 0.1) is 38.1 Å². The van der Waals surface area contributed by atoms with Gasteiger partial charge in [-0.3, -0.25) is 13.9 Å². The lowest BCUT2D eigenvalue weighted by atomic mass is 10.3. The quantitative estimate of drug-likeness (QED) is 0.223. The molecule has 0 saturated heterocycles. The van der Waals surface area contributed by atoms with Crippen LogP contribution >= 0.6 is 15.2 Å². The smallest absolute Gasteiger partial charge is 0.350 e. The first-order valence-corrected chi connectivity index (χ1v) is 11.3. The molecule has 2 aromatic heterocycles. The Hall–Kier alpha value is -1.43. The van der Waals surface area contributed by atoms with Gasteiger partial charge in [-0.2, -0.15) is 0 Å². The Balaban J connectivity index is 2.03.